The third-order valence-electron chi connectivity index (χ3n) is 3.82. The van der Waals surface area contributed by atoms with E-state index in [9.17, 15) is 0 Å². The van der Waals surface area contributed by atoms with Crippen LogP contribution in [0.1, 0.15) is 32.1 Å². The lowest BCUT2D eigenvalue weighted by molar-refractivity contribution is 0.378. The fourth-order valence-electron chi connectivity index (χ4n) is 3.03. The molecule has 1 aromatic rings. The van der Waals surface area contributed by atoms with E-state index in [0.717, 1.165) is 4.60 Å². The van der Waals surface area contributed by atoms with Crippen LogP contribution in [0.25, 0.3) is 0 Å². The van der Waals surface area contributed by atoms with E-state index in [1.54, 1.807) is 11.3 Å². The number of aromatic nitrogens is 1. The molecule has 0 spiro atoms. The maximum absolute atomic E-state index is 4.59. The highest BCUT2D eigenvalue weighted by atomic mass is 79.9. The number of nitrogens with one attached hydrogen (secondary N) is 1. The molecule has 2 aliphatic rings. The van der Waals surface area contributed by atoms with Crippen molar-refractivity contribution in [2.24, 2.45) is 0 Å². The number of hydrogen-bond donors (Lipinski definition) is 1. The van der Waals surface area contributed by atoms with Gasteiger partial charge in [0.1, 0.15) is 4.60 Å². The van der Waals surface area contributed by atoms with Gasteiger partial charge in [0.2, 0.25) is 0 Å². The molecule has 3 rings (SSSR count). The van der Waals surface area contributed by atoms with E-state index in [-0.39, 0.29) is 0 Å². The van der Waals surface area contributed by atoms with Crippen molar-refractivity contribution >= 4 is 32.4 Å². The Morgan fingerprint density at radius 2 is 2.29 bits per heavy atom. The minimum atomic E-state index is 0.657. The van der Waals surface area contributed by atoms with Crippen molar-refractivity contribution in [1.82, 2.24) is 10.3 Å². The fourth-order valence-corrected chi connectivity index (χ4v) is 4.36. The van der Waals surface area contributed by atoms with Gasteiger partial charge in [-0.2, -0.15) is 0 Å². The largest absolute Gasteiger partial charge is 0.344 e. The molecule has 0 aromatic carbocycles. The van der Waals surface area contributed by atoms with Gasteiger partial charge in [0.05, 0.1) is 0 Å². The lowest BCUT2D eigenvalue weighted by Gasteiger charge is -2.39. The van der Waals surface area contributed by atoms with Crippen LogP contribution in [-0.4, -0.2) is 30.2 Å². The Labute approximate surface area is 115 Å². The number of thiazole rings is 1. The van der Waals surface area contributed by atoms with Crippen LogP contribution in [0.5, 0.6) is 0 Å². The normalized spacial score (nSPS) is 29.8. The summed E-state index contributed by atoms with van der Waals surface area (Å²) in [5.74, 6) is 0. The van der Waals surface area contributed by atoms with E-state index in [2.05, 4.69) is 36.5 Å². The minimum absolute atomic E-state index is 0.657. The first-order valence-corrected chi connectivity index (χ1v) is 8.13. The van der Waals surface area contributed by atoms with E-state index >= 15 is 0 Å². The van der Waals surface area contributed by atoms with Gasteiger partial charge < -0.3 is 10.2 Å². The van der Waals surface area contributed by atoms with Crippen molar-refractivity contribution in [3.63, 3.8) is 0 Å². The van der Waals surface area contributed by atoms with Crippen molar-refractivity contribution in [3.05, 3.63) is 9.98 Å². The molecule has 3 heterocycles. The molecule has 3 nitrogen and oxygen atoms in total. The Morgan fingerprint density at radius 3 is 3.00 bits per heavy atom. The highest BCUT2D eigenvalue weighted by molar-refractivity contribution is 9.10. The molecule has 0 radical (unpaired) electrons. The van der Waals surface area contributed by atoms with Crippen molar-refractivity contribution in [1.29, 1.82) is 0 Å². The number of hydrogen-bond acceptors (Lipinski definition) is 4. The maximum atomic E-state index is 4.59. The lowest BCUT2D eigenvalue weighted by atomic mass is 9.95. The quantitative estimate of drug-likeness (QED) is 0.909. The molecule has 1 aromatic heterocycles. The number of halogens is 1. The Hall–Kier alpha value is -0.130. The summed E-state index contributed by atoms with van der Waals surface area (Å²) in [4.78, 5) is 7.12. The predicted octanol–water partition coefficient (Wildman–Crippen LogP) is 3.02. The van der Waals surface area contributed by atoms with Crippen LogP contribution in [0, 0.1) is 0 Å². The number of nitrogens with zero attached hydrogens (tertiary/aromatic N) is 2. The van der Waals surface area contributed by atoms with E-state index in [1.807, 2.05) is 0 Å². The highest BCUT2D eigenvalue weighted by Crippen LogP contribution is 2.32. The van der Waals surface area contributed by atoms with Crippen LogP contribution in [-0.2, 0) is 0 Å². The molecule has 0 amide bonds. The zero-order chi connectivity index (χ0) is 11.7. The Balaban J connectivity index is 1.79. The summed E-state index contributed by atoms with van der Waals surface area (Å²) in [6.45, 7) is 2.36. The topological polar surface area (TPSA) is 28.2 Å². The van der Waals surface area contributed by atoms with E-state index < -0.39 is 0 Å². The second-order valence-corrected chi connectivity index (χ2v) is 6.56. The third-order valence-corrected chi connectivity index (χ3v) is 5.41. The summed E-state index contributed by atoms with van der Waals surface area (Å²) in [5, 5.41) is 6.93. The summed E-state index contributed by atoms with van der Waals surface area (Å²) in [5.41, 5.74) is 0. The molecule has 2 unspecified atom stereocenters. The van der Waals surface area contributed by atoms with Crippen LogP contribution in [0.2, 0.25) is 0 Å². The first-order valence-electron chi connectivity index (χ1n) is 6.45. The lowest BCUT2D eigenvalue weighted by Crippen LogP contribution is -2.50. The Bertz CT molecular complexity index is 376. The average molecular weight is 316 g/mol. The van der Waals surface area contributed by atoms with Crippen LogP contribution in [0.3, 0.4) is 0 Å². The molecule has 17 heavy (non-hydrogen) atoms. The zero-order valence-corrected chi connectivity index (χ0v) is 12.3. The van der Waals surface area contributed by atoms with Gasteiger partial charge in [0.15, 0.2) is 5.13 Å². The number of anilines is 1. The van der Waals surface area contributed by atoms with Gasteiger partial charge in [-0.1, -0.05) is 0 Å². The maximum Gasteiger partial charge on any atom is 0.186 e. The van der Waals surface area contributed by atoms with Crippen LogP contribution >= 0.6 is 27.3 Å². The summed E-state index contributed by atoms with van der Waals surface area (Å²) < 4.78 is 0.973. The second-order valence-electron chi connectivity index (χ2n) is 4.91. The summed E-state index contributed by atoms with van der Waals surface area (Å²) in [7, 11) is 0. The van der Waals surface area contributed by atoms with Crippen molar-refractivity contribution in [2.75, 3.05) is 18.0 Å². The molecule has 2 fully saturated rings. The molecule has 0 saturated carbocycles. The fraction of sp³-hybridized carbons (Fsp3) is 0.750. The predicted molar refractivity (Wildman–Crippen MR) is 75.8 cm³/mol. The van der Waals surface area contributed by atoms with Crippen LogP contribution in [0.15, 0.2) is 9.98 Å². The first kappa shape index (κ1) is 11.9. The summed E-state index contributed by atoms with van der Waals surface area (Å²) in [6.07, 6.45) is 6.64. The summed E-state index contributed by atoms with van der Waals surface area (Å²) >= 11 is 5.22. The highest BCUT2D eigenvalue weighted by Gasteiger charge is 2.32. The molecule has 2 atom stereocenters. The number of rotatable bonds is 2. The first-order chi connectivity index (χ1) is 8.34. The number of piperidine rings is 1. The summed E-state index contributed by atoms with van der Waals surface area (Å²) in [6, 6.07) is 1.34. The monoisotopic (exact) mass is 315 g/mol. The molecule has 2 saturated heterocycles. The van der Waals surface area contributed by atoms with Gasteiger partial charge in [-0.15, -0.1) is 11.3 Å². The van der Waals surface area contributed by atoms with Crippen molar-refractivity contribution in [3.8, 4) is 0 Å². The van der Waals surface area contributed by atoms with E-state index in [0.29, 0.717) is 12.1 Å². The average Bonchev–Trinajstić information content (AvgIpc) is 3.00. The minimum Gasteiger partial charge on any atom is -0.344 e. The zero-order valence-electron chi connectivity index (χ0n) is 9.86. The van der Waals surface area contributed by atoms with Crippen LogP contribution in [0.4, 0.5) is 5.13 Å². The SMILES string of the molecule is Brc1csc(N2CCCCC2C2CCCN2)n1. The molecular weight excluding hydrogens is 298 g/mol. The molecule has 0 bridgehead atoms. The van der Waals surface area contributed by atoms with Crippen molar-refractivity contribution < 1.29 is 0 Å². The van der Waals surface area contributed by atoms with Gasteiger partial charge in [-0.05, 0) is 54.6 Å². The van der Waals surface area contributed by atoms with Crippen LogP contribution < -0.4 is 10.2 Å². The molecule has 0 aliphatic carbocycles. The van der Waals surface area contributed by atoms with Gasteiger partial charge in [-0.25, -0.2) is 4.98 Å². The standard InChI is InChI=1S/C12H18BrN3S/c13-11-8-17-12(15-11)16-7-2-1-5-10(16)9-4-3-6-14-9/h8-10,14H,1-7H2. The second kappa shape index (κ2) is 5.24. The molecule has 1 N–H and O–H groups in total. The molecular formula is C12H18BrN3S. The third kappa shape index (κ3) is 2.51. The van der Waals surface area contributed by atoms with Crippen molar-refractivity contribution in [2.45, 2.75) is 44.2 Å². The van der Waals surface area contributed by atoms with Gasteiger partial charge in [0.25, 0.3) is 0 Å². The van der Waals surface area contributed by atoms with E-state index in [4.69, 9.17) is 0 Å². The molecule has 5 heteroatoms. The molecule has 2 aliphatic heterocycles. The van der Waals surface area contributed by atoms with Gasteiger partial charge in [0, 0.05) is 24.0 Å². The van der Waals surface area contributed by atoms with Gasteiger partial charge in [-0.3, -0.25) is 0 Å². The molecule has 94 valence electrons. The van der Waals surface area contributed by atoms with Gasteiger partial charge >= 0.3 is 0 Å². The smallest absolute Gasteiger partial charge is 0.186 e. The Kier molecular flexibility index (Phi) is 3.68. The Morgan fingerprint density at radius 1 is 1.35 bits per heavy atom. The van der Waals surface area contributed by atoms with E-state index in [1.165, 1.54) is 50.3 Å².